The maximum absolute atomic E-state index is 12.9. The molecule has 1 aliphatic heterocycles. The average molecular weight is 452 g/mol. The first-order chi connectivity index (χ1) is 15.6. The summed E-state index contributed by atoms with van der Waals surface area (Å²) in [5, 5.41) is 6.77. The molecule has 170 valence electrons. The maximum Gasteiger partial charge on any atom is 0.338 e. The van der Waals surface area contributed by atoms with Crippen molar-refractivity contribution in [2.75, 3.05) is 17.3 Å². The summed E-state index contributed by atoms with van der Waals surface area (Å²) >= 11 is 0. The van der Waals surface area contributed by atoms with Crippen LogP contribution in [-0.2, 0) is 14.3 Å². The molecule has 3 rings (SSSR count). The first-order valence-corrected chi connectivity index (χ1v) is 9.76. The smallest absolute Gasteiger partial charge is 0.338 e. The molecule has 3 N–H and O–H groups in total. The normalized spacial score (nSPS) is 13.1. The van der Waals surface area contributed by atoms with Crippen molar-refractivity contribution in [3.8, 4) is 0 Å². The molecule has 2 aromatic carbocycles. The first kappa shape index (κ1) is 23.1. The number of anilines is 2. The summed E-state index contributed by atoms with van der Waals surface area (Å²) in [6, 6.07) is 9.21. The summed E-state index contributed by atoms with van der Waals surface area (Å²) < 4.78 is 5.05. The molecule has 11 nitrogen and oxygen atoms in total. The van der Waals surface area contributed by atoms with E-state index < -0.39 is 35.8 Å². The number of fused-ring (bicyclic) bond motifs is 1. The van der Waals surface area contributed by atoms with Crippen LogP contribution in [0.25, 0.3) is 0 Å². The van der Waals surface area contributed by atoms with Gasteiger partial charge in [0.1, 0.15) is 0 Å². The van der Waals surface area contributed by atoms with Gasteiger partial charge in [-0.25, -0.2) is 14.5 Å². The van der Waals surface area contributed by atoms with Crippen molar-refractivity contribution in [3.63, 3.8) is 0 Å². The summed E-state index contributed by atoms with van der Waals surface area (Å²) in [4.78, 5) is 73.3. The van der Waals surface area contributed by atoms with Crippen LogP contribution in [0.3, 0.4) is 0 Å². The van der Waals surface area contributed by atoms with Gasteiger partial charge in [-0.3, -0.25) is 24.5 Å². The molecule has 2 aromatic rings. The van der Waals surface area contributed by atoms with E-state index in [0.717, 1.165) is 4.90 Å². The van der Waals surface area contributed by atoms with Crippen molar-refractivity contribution in [2.45, 2.75) is 20.0 Å². The van der Waals surface area contributed by atoms with Gasteiger partial charge in [-0.2, -0.15) is 0 Å². The number of amides is 6. The van der Waals surface area contributed by atoms with Gasteiger partial charge in [0.05, 0.1) is 22.4 Å². The zero-order valence-electron chi connectivity index (χ0n) is 17.9. The van der Waals surface area contributed by atoms with Crippen molar-refractivity contribution in [2.24, 2.45) is 0 Å². The summed E-state index contributed by atoms with van der Waals surface area (Å²) in [5.74, 6) is -3.20. The molecule has 0 radical (unpaired) electrons. The fraction of sp³-hybridized carbons (Fsp3) is 0.182. The number of hydrogen-bond donors (Lipinski definition) is 3. The molecule has 33 heavy (non-hydrogen) atoms. The number of nitrogens with one attached hydrogen (secondary N) is 3. The number of hydrogen-bond acceptors (Lipinski definition) is 7. The molecular weight excluding hydrogens is 432 g/mol. The highest BCUT2D eigenvalue weighted by Crippen LogP contribution is 2.30. The minimum Gasteiger partial charge on any atom is -0.449 e. The molecule has 0 bridgehead atoms. The van der Waals surface area contributed by atoms with Gasteiger partial charge in [-0.05, 0) is 49.4 Å². The molecule has 6 amide bonds. The van der Waals surface area contributed by atoms with E-state index in [4.69, 9.17) is 4.74 Å². The Labute approximate surface area is 188 Å². The Balaban J connectivity index is 1.77. The Morgan fingerprint density at radius 2 is 1.58 bits per heavy atom. The highest BCUT2D eigenvalue weighted by molar-refractivity contribution is 6.34. The molecule has 0 aliphatic carbocycles. The SMILES string of the molecule is CNC(=O)NC(=O)C(C)OC(=O)c1ccc2c(c1)C(=O)N(c1ccc(NC(C)=O)cc1)C2=O. The van der Waals surface area contributed by atoms with E-state index in [1.807, 2.05) is 5.32 Å². The van der Waals surface area contributed by atoms with Crippen molar-refractivity contribution in [1.29, 1.82) is 0 Å². The first-order valence-electron chi connectivity index (χ1n) is 9.76. The van der Waals surface area contributed by atoms with Crippen LogP contribution in [0, 0.1) is 0 Å². The fourth-order valence-corrected chi connectivity index (χ4v) is 3.06. The molecule has 1 aliphatic rings. The van der Waals surface area contributed by atoms with Crippen LogP contribution >= 0.6 is 0 Å². The molecule has 11 heteroatoms. The lowest BCUT2D eigenvalue weighted by atomic mass is 10.1. The number of carbonyl (C=O) groups is 6. The van der Waals surface area contributed by atoms with Gasteiger partial charge in [0, 0.05) is 19.7 Å². The van der Waals surface area contributed by atoms with Gasteiger partial charge in [0.2, 0.25) is 5.91 Å². The standard InChI is InChI=1S/C22H20N4O7/c1-11(18(28)25-22(32)23-3)33-21(31)13-4-9-16-17(10-13)20(30)26(19(16)29)15-7-5-14(6-8-15)24-12(2)27/h4-11H,1-3H3,(H,24,27)(H2,23,25,28,32). The number of esters is 1. The van der Waals surface area contributed by atoms with E-state index in [9.17, 15) is 28.8 Å². The lowest BCUT2D eigenvalue weighted by molar-refractivity contribution is -0.127. The van der Waals surface area contributed by atoms with Crippen LogP contribution in [0.5, 0.6) is 0 Å². The van der Waals surface area contributed by atoms with Crippen molar-refractivity contribution < 1.29 is 33.5 Å². The molecule has 1 atom stereocenters. The highest BCUT2D eigenvalue weighted by atomic mass is 16.5. The predicted octanol–water partition coefficient (Wildman–Crippen LogP) is 1.45. The predicted molar refractivity (Wildman–Crippen MR) is 116 cm³/mol. The van der Waals surface area contributed by atoms with Crippen molar-refractivity contribution in [3.05, 3.63) is 59.2 Å². The Morgan fingerprint density at radius 3 is 2.18 bits per heavy atom. The number of rotatable bonds is 5. The number of carbonyl (C=O) groups excluding carboxylic acids is 6. The lowest BCUT2D eigenvalue weighted by Crippen LogP contribution is -2.43. The maximum atomic E-state index is 12.9. The molecule has 1 unspecified atom stereocenters. The van der Waals surface area contributed by atoms with E-state index in [0.29, 0.717) is 11.4 Å². The second-order valence-electron chi connectivity index (χ2n) is 7.05. The van der Waals surface area contributed by atoms with Gasteiger partial charge in [0.15, 0.2) is 6.10 Å². The Hall–Kier alpha value is -4.54. The van der Waals surface area contributed by atoms with Crippen molar-refractivity contribution >= 4 is 47.0 Å². The van der Waals surface area contributed by atoms with E-state index in [-0.39, 0.29) is 22.6 Å². The van der Waals surface area contributed by atoms with E-state index in [1.54, 1.807) is 12.1 Å². The molecule has 0 spiro atoms. The quantitative estimate of drug-likeness (QED) is 0.459. The van der Waals surface area contributed by atoms with E-state index in [2.05, 4.69) is 10.6 Å². The van der Waals surface area contributed by atoms with Crippen LogP contribution in [0.4, 0.5) is 16.2 Å². The number of imide groups is 2. The van der Waals surface area contributed by atoms with Gasteiger partial charge in [-0.15, -0.1) is 0 Å². The third kappa shape index (κ3) is 4.87. The molecule has 1 heterocycles. The third-order valence-electron chi connectivity index (χ3n) is 4.68. The van der Waals surface area contributed by atoms with Crippen molar-refractivity contribution in [1.82, 2.24) is 10.6 Å². The minimum absolute atomic E-state index is 0.00264. The average Bonchev–Trinajstić information content (AvgIpc) is 3.03. The largest absolute Gasteiger partial charge is 0.449 e. The van der Waals surface area contributed by atoms with Crippen LogP contribution in [-0.4, -0.2) is 48.8 Å². The zero-order chi connectivity index (χ0) is 24.3. The second kappa shape index (κ2) is 9.30. The second-order valence-corrected chi connectivity index (χ2v) is 7.05. The highest BCUT2D eigenvalue weighted by Gasteiger charge is 2.37. The molecule has 0 aromatic heterocycles. The summed E-state index contributed by atoms with van der Waals surface area (Å²) in [6.45, 7) is 2.64. The lowest BCUT2D eigenvalue weighted by Gasteiger charge is -2.14. The molecule has 0 fully saturated rings. The van der Waals surface area contributed by atoms with Crippen LogP contribution in [0.15, 0.2) is 42.5 Å². The summed E-state index contributed by atoms with van der Waals surface area (Å²) in [7, 11) is 1.32. The van der Waals surface area contributed by atoms with Crippen LogP contribution in [0.2, 0.25) is 0 Å². The molecule has 0 saturated heterocycles. The topological polar surface area (TPSA) is 151 Å². The Bertz CT molecular complexity index is 1170. The summed E-state index contributed by atoms with van der Waals surface area (Å²) in [6.07, 6.45) is -1.28. The van der Waals surface area contributed by atoms with Gasteiger partial charge in [-0.1, -0.05) is 0 Å². The minimum atomic E-state index is -1.28. The number of nitrogens with zero attached hydrogens (tertiary/aromatic N) is 1. The van der Waals surface area contributed by atoms with Crippen LogP contribution < -0.4 is 20.9 Å². The van der Waals surface area contributed by atoms with Gasteiger partial charge < -0.3 is 15.4 Å². The van der Waals surface area contributed by atoms with Crippen LogP contribution in [0.1, 0.15) is 44.9 Å². The third-order valence-corrected chi connectivity index (χ3v) is 4.68. The Morgan fingerprint density at radius 1 is 0.939 bits per heavy atom. The number of ether oxygens (including phenoxy) is 1. The monoisotopic (exact) mass is 452 g/mol. The van der Waals surface area contributed by atoms with Gasteiger partial charge in [0.25, 0.3) is 17.7 Å². The summed E-state index contributed by atoms with van der Waals surface area (Å²) in [5.41, 5.74) is 0.856. The fourth-order valence-electron chi connectivity index (χ4n) is 3.06. The number of urea groups is 1. The number of benzene rings is 2. The van der Waals surface area contributed by atoms with E-state index >= 15 is 0 Å². The molecule has 0 saturated carbocycles. The van der Waals surface area contributed by atoms with Gasteiger partial charge >= 0.3 is 12.0 Å². The Kier molecular flexibility index (Phi) is 6.52. The zero-order valence-corrected chi connectivity index (χ0v) is 17.9. The van der Waals surface area contributed by atoms with E-state index in [1.165, 1.54) is 51.2 Å². The molecular formula is C22H20N4O7.